The third-order valence-corrected chi connectivity index (χ3v) is 10.0. The van der Waals surface area contributed by atoms with Gasteiger partial charge in [0, 0.05) is 13.1 Å². The van der Waals surface area contributed by atoms with E-state index >= 15 is 0 Å². The molecule has 7 heterocycles. The average Bonchev–Trinajstić information content (AvgIpc) is 3.73. The first-order chi connectivity index (χ1) is 22.2. The molecule has 0 bridgehead atoms. The van der Waals surface area contributed by atoms with Gasteiger partial charge in [-0.1, -0.05) is 0 Å². The third-order valence-electron chi connectivity index (χ3n) is 7.77. The number of ether oxygens (including phenoxy) is 2. The number of aromatic nitrogens is 8. The number of nitrogens with two attached hydrogens (primary N) is 2. The number of H-pyrrole nitrogens is 2. The summed E-state index contributed by atoms with van der Waals surface area (Å²) in [6.07, 6.45) is -9.31. The molecule has 7 rings (SSSR count). The Morgan fingerprint density at radius 1 is 0.851 bits per heavy atom. The zero-order valence-electron chi connectivity index (χ0n) is 24.1. The van der Waals surface area contributed by atoms with Crippen LogP contribution in [-0.4, -0.2) is 111 Å². The molecule has 3 fully saturated rings. The molecule has 0 radical (unpaired) electrons. The molecular weight excluding hydrogens is 674 g/mol. The molecular formula is C22H28N10O13P2. The number of nitrogen functional groups attached to an aromatic ring is 2. The van der Waals surface area contributed by atoms with E-state index in [1.165, 1.54) is 15.5 Å². The van der Waals surface area contributed by atoms with Crippen LogP contribution < -0.4 is 22.6 Å². The first-order valence-electron chi connectivity index (χ1n) is 13.9. The molecule has 0 amide bonds. The largest absolute Gasteiger partial charge is 0.472 e. The SMILES string of the molecule is CP1(=O)OCC[C@H]2O[C@@H](n3cnc4c(=O)[nH]c(N)nc43)[C@@H](O)C2OP(=O)(O)OC[C@H]2O[C@@H](n3cnc4c(=O)[nH]c(N)nc43)[C@@H](O)C2O1. The lowest BCUT2D eigenvalue weighted by Gasteiger charge is -2.25. The minimum atomic E-state index is -5.04. The van der Waals surface area contributed by atoms with Crippen molar-refractivity contribution in [3.63, 3.8) is 0 Å². The van der Waals surface area contributed by atoms with Crippen LogP contribution in [0.2, 0.25) is 0 Å². The first-order valence-corrected chi connectivity index (χ1v) is 17.4. The van der Waals surface area contributed by atoms with Gasteiger partial charge >= 0.3 is 15.4 Å². The summed E-state index contributed by atoms with van der Waals surface area (Å²) >= 11 is 0. The zero-order chi connectivity index (χ0) is 33.4. The van der Waals surface area contributed by atoms with Crippen LogP contribution in [0.5, 0.6) is 0 Å². The molecule has 25 heteroatoms. The highest BCUT2D eigenvalue weighted by Crippen LogP contribution is 2.53. The second-order valence-electron chi connectivity index (χ2n) is 11.0. The fourth-order valence-corrected chi connectivity index (χ4v) is 7.89. The second kappa shape index (κ2) is 11.5. The Bertz CT molecular complexity index is 2070. The third kappa shape index (κ3) is 5.78. The lowest BCUT2D eigenvalue weighted by atomic mass is 10.1. The Morgan fingerprint density at radius 2 is 1.36 bits per heavy atom. The number of fused-ring (bicyclic) bond motifs is 4. The monoisotopic (exact) mass is 702 g/mol. The number of rotatable bonds is 2. The Morgan fingerprint density at radius 3 is 1.91 bits per heavy atom. The van der Waals surface area contributed by atoms with Crippen molar-refractivity contribution in [1.29, 1.82) is 0 Å². The maximum atomic E-state index is 13.4. The molecule has 254 valence electrons. The minimum Gasteiger partial charge on any atom is -0.386 e. The van der Waals surface area contributed by atoms with Crippen LogP contribution in [0.1, 0.15) is 18.9 Å². The molecule has 10 atom stereocenters. The van der Waals surface area contributed by atoms with E-state index < -0.39 is 82.2 Å². The molecule has 4 aromatic heterocycles. The van der Waals surface area contributed by atoms with Crippen molar-refractivity contribution in [1.82, 2.24) is 39.0 Å². The highest BCUT2D eigenvalue weighted by molar-refractivity contribution is 7.53. The van der Waals surface area contributed by atoms with E-state index in [-0.39, 0.29) is 47.3 Å². The highest BCUT2D eigenvalue weighted by atomic mass is 31.2. The maximum absolute atomic E-state index is 13.4. The van der Waals surface area contributed by atoms with Crippen molar-refractivity contribution in [2.75, 3.05) is 31.3 Å². The van der Waals surface area contributed by atoms with Gasteiger partial charge < -0.3 is 40.6 Å². The molecule has 3 aliphatic rings. The van der Waals surface area contributed by atoms with Crippen molar-refractivity contribution in [2.45, 2.75) is 55.5 Å². The van der Waals surface area contributed by atoms with Gasteiger partial charge in [-0.2, -0.15) is 9.97 Å². The standard InChI is InChI=1S/C22H28N10O13P2/c1-46(37)40-3-2-7-13(11(33)19(42-7)31-5-25-9-15(31)27-21(23)29-17(9)35)45-47(38,39)41-4-8-14(44-46)12(34)20(43-8)32-6-26-10-16(32)28-22(24)30-18(10)36/h5-8,11-14,19-20,33-34H,2-4H2,1H3,(H,38,39)(H3,23,27,29,35)(H3,24,28,30,36)/t7-,8-,11+,12+,13?,14?,19-,20-,46?/m1/s1. The first kappa shape index (κ1) is 32.0. The van der Waals surface area contributed by atoms with Gasteiger partial charge in [-0.25, -0.2) is 14.5 Å². The summed E-state index contributed by atoms with van der Waals surface area (Å²) in [5, 5.41) is 22.5. The lowest BCUT2D eigenvalue weighted by molar-refractivity contribution is -0.0545. The second-order valence-corrected chi connectivity index (χ2v) is 14.4. The molecule has 3 saturated heterocycles. The van der Waals surface area contributed by atoms with Gasteiger partial charge in [0.1, 0.15) is 30.5 Å². The zero-order valence-corrected chi connectivity index (χ0v) is 25.8. The highest BCUT2D eigenvalue weighted by Gasteiger charge is 2.52. The number of imidazole rings is 2. The van der Waals surface area contributed by atoms with Gasteiger partial charge in [-0.3, -0.25) is 46.8 Å². The van der Waals surface area contributed by atoms with Crippen molar-refractivity contribution in [2.24, 2.45) is 0 Å². The van der Waals surface area contributed by atoms with E-state index in [4.69, 9.17) is 39.0 Å². The molecule has 4 unspecified atom stereocenters. The van der Waals surface area contributed by atoms with Gasteiger partial charge in [0.15, 0.2) is 34.8 Å². The molecule has 3 aliphatic heterocycles. The number of aliphatic hydroxyl groups excluding tert-OH is 2. The predicted octanol–water partition coefficient (Wildman–Crippen LogP) is -1.94. The summed E-state index contributed by atoms with van der Waals surface area (Å²) in [6.45, 7) is 0.0484. The van der Waals surface area contributed by atoms with Crippen molar-refractivity contribution in [3.8, 4) is 0 Å². The van der Waals surface area contributed by atoms with Gasteiger partial charge in [0.25, 0.3) is 11.1 Å². The summed E-state index contributed by atoms with van der Waals surface area (Å²) < 4.78 is 62.8. The number of nitrogens with one attached hydrogen (secondary N) is 2. The van der Waals surface area contributed by atoms with Crippen LogP contribution in [0.3, 0.4) is 0 Å². The van der Waals surface area contributed by atoms with E-state index in [1.54, 1.807) is 0 Å². The molecule has 0 saturated carbocycles. The summed E-state index contributed by atoms with van der Waals surface area (Å²) in [7, 11) is -9.03. The van der Waals surface area contributed by atoms with Crippen LogP contribution in [0.25, 0.3) is 22.3 Å². The normalized spacial score (nSPS) is 36.9. The lowest BCUT2D eigenvalue weighted by Crippen LogP contribution is -2.36. The fourth-order valence-electron chi connectivity index (χ4n) is 5.72. The Hall–Kier alpha value is -3.60. The number of phosphoric ester groups is 1. The van der Waals surface area contributed by atoms with E-state index in [0.29, 0.717) is 0 Å². The minimum absolute atomic E-state index is 0.0408. The number of phosphoric acid groups is 1. The molecule has 23 nitrogen and oxygen atoms in total. The predicted molar refractivity (Wildman–Crippen MR) is 155 cm³/mol. The van der Waals surface area contributed by atoms with Crippen LogP contribution in [-0.2, 0) is 36.7 Å². The Kier molecular flexibility index (Phi) is 7.84. The maximum Gasteiger partial charge on any atom is 0.472 e. The quantitative estimate of drug-likeness (QED) is 0.112. The van der Waals surface area contributed by atoms with Gasteiger partial charge in [0.2, 0.25) is 11.9 Å². The fraction of sp³-hybridized carbons (Fsp3) is 0.545. The van der Waals surface area contributed by atoms with Crippen molar-refractivity contribution >= 4 is 49.6 Å². The van der Waals surface area contributed by atoms with Gasteiger partial charge in [-0.05, 0) is 0 Å². The summed E-state index contributed by atoms with van der Waals surface area (Å²) in [4.78, 5) is 55.9. The molecule has 0 aromatic carbocycles. The van der Waals surface area contributed by atoms with Crippen LogP contribution >= 0.6 is 15.4 Å². The number of hydrogen-bond donors (Lipinski definition) is 7. The van der Waals surface area contributed by atoms with Crippen molar-refractivity contribution in [3.05, 3.63) is 33.4 Å². The van der Waals surface area contributed by atoms with Gasteiger partial charge in [0.05, 0.1) is 32.0 Å². The van der Waals surface area contributed by atoms with Crippen LogP contribution in [0, 0.1) is 0 Å². The summed E-state index contributed by atoms with van der Waals surface area (Å²) in [5.74, 6) is -0.469. The molecule has 0 aliphatic carbocycles. The smallest absolute Gasteiger partial charge is 0.386 e. The number of anilines is 2. The van der Waals surface area contributed by atoms with E-state index in [9.17, 15) is 33.8 Å². The Labute approximate surface area is 260 Å². The molecule has 0 spiro atoms. The molecule has 47 heavy (non-hydrogen) atoms. The van der Waals surface area contributed by atoms with Crippen LogP contribution in [0.15, 0.2) is 22.2 Å². The summed E-state index contributed by atoms with van der Waals surface area (Å²) in [5.41, 5.74) is 9.72. The number of hydrogen-bond acceptors (Lipinski definition) is 18. The van der Waals surface area contributed by atoms with Crippen LogP contribution in [0.4, 0.5) is 11.9 Å². The van der Waals surface area contributed by atoms with E-state index in [0.717, 1.165) is 13.0 Å². The Balaban J connectivity index is 1.17. The molecule has 4 aromatic rings. The average molecular weight is 702 g/mol. The summed E-state index contributed by atoms with van der Waals surface area (Å²) in [6, 6.07) is 0. The number of nitrogens with zero attached hydrogens (tertiary/aromatic N) is 6. The van der Waals surface area contributed by atoms with Gasteiger partial charge in [-0.15, -0.1) is 0 Å². The topological polar surface area (TPSA) is 329 Å². The molecule has 9 N–H and O–H groups in total. The van der Waals surface area contributed by atoms with E-state index in [1.807, 2.05) is 0 Å². The van der Waals surface area contributed by atoms with Crippen molar-refractivity contribution < 1.29 is 51.8 Å². The van der Waals surface area contributed by atoms with E-state index in [2.05, 4.69) is 29.9 Å². The number of aromatic amines is 2. The number of aliphatic hydroxyl groups is 2.